The minimum atomic E-state index is 0.138. The summed E-state index contributed by atoms with van der Waals surface area (Å²) in [6.07, 6.45) is 5.80. The van der Waals surface area contributed by atoms with Crippen LogP contribution in [0.3, 0.4) is 0 Å². The largest absolute Gasteiger partial charge is 0.400 e. The molecule has 0 atom stereocenters. The Balaban J connectivity index is 2.30. The van der Waals surface area contributed by atoms with Crippen LogP contribution in [0.5, 0.6) is 0 Å². The molecule has 0 saturated heterocycles. The molecule has 122 valence electrons. The Morgan fingerprint density at radius 1 is 1.33 bits per heavy atom. The fourth-order valence-electron chi connectivity index (χ4n) is 2.45. The minimum Gasteiger partial charge on any atom is -0.400 e. The van der Waals surface area contributed by atoms with Crippen molar-refractivity contribution in [3.63, 3.8) is 0 Å². The van der Waals surface area contributed by atoms with Crippen LogP contribution in [0.1, 0.15) is 30.7 Å². The van der Waals surface area contributed by atoms with Crippen LogP contribution in [0, 0.1) is 5.41 Å². The van der Waals surface area contributed by atoms with Gasteiger partial charge in [-0.1, -0.05) is 18.5 Å². The van der Waals surface area contributed by atoms with Crippen molar-refractivity contribution in [2.24, 2.45) is 10.7 Å². The number of aliphatic imine (C=N–C) groups is 1. The van der Waals surface area contributed by atoms with Crippen molar-refractivity contribution in [3.05, 3.63) is 64.0 Å². The normalized spacial score (nSPS) is 16.0. The Bertz CT molecular complexity index is 880. The second-order valence-corrected chi connectivity index (χ2v) is 5.83. The fraction of sp³-hybridized carbons (Fsp3) is 0.176. The number of pyridine rings is 2. The first-order chi connectivity index (χ1) is 11.5. The number of nitrogens with zero attached hydrogens (tertiary/aromatic N) is 3. The highest BCUT2D eigenvalue weighted by Crippen LogP contribution is 2.28. The van der Waals surface area contributed by atoms with Gasteiger partial charge in [-0.3, -0.25) is 15.4 Å². The van der Waals surface area contributed by atoms with E-state index in [-0.39, 0.29) is 5.84 Å². The first-order valence-corrected chi connectivity index (χ1v) is 7.89. The van der Waals surface area contributed by atoms with Crippen LogP contribution in [0.25, 0.3) is 0 Å². The second-order valence-electron chi connectivity index (χ2n) is 5.42. The number of hydrogen-bond donors (Lipinski definition) is 3. The van der Waals surface area contributed by atoms with E-state index in [1.807, 2.05) is 13.0 Å². The van der Waals surface area contributed by atoms with Gasteiger partial charge in [-0.05, 0) is 25.5 Å². The van der Waals surface area contributed by atoms with Crippen LogP contribution in [0.15, 0.2) is 47.1 Å². The summed E-state index contributed by atoms with van der Waals surface area (Å²) in [5.41, 5.74) is 10.4. The van der Waals surface area contributed by atoms with E-state index in [2.05, 4.69) is 20.3 Å². The number of fused-ring (bicyclic) bond motifs is 1. The Labute approximate surface area is 145 Å². The van der Waals surface area contributed by atoms with Crippen LogP contribution >= 0.6 is 11.6 Å². The van der Waals surface area contributed by atoms with Gasteiger partial charge in [-0.25, -0.2) is 4.99 Å². The van der Waals surface area contributed by atoms with Gasteiger partial charge in [0.05, 0.1) is 16.4 Å². The Morgan fingerprint density at radius 3 is 2.79 bits per heavy atom. The standard InChI is InChI=1S/C17H17ClN6/c1-3-10-6-14-12(8-22-10)16(11-7-21-5-4-13(11)18)24-15(9(2)19)17(20)23-14/h4-8H,3,19H2,1-2H3,(H2,20,23)/b15-9+. The summed E-state index contributed by atoms with van der Waals surface area (Å²) in [5, 5.41) is 11.9. The average molecular weight is 341 g/mol. The van der Waals surface area contributed by atoms with Crippen LogP contribution < -0.4 is 11.1 Å². The van der Waals surface area contributed by atoms with Gasteiger partial charge >= 0.3 is 0 Å². The van der Waals surface area contributed by atoms with Crippen molar-refractivity contribution in [2.75, 3.05) is 5.32 Å². The smallest absolute Gasteiger partial charge is 0.150 e. The van der Waals surface area contributed by atoms with Crippen molar-refractivity contribution in [1.82, 2.24) is 9.97 Å². The van der Waals surface area contributed by atoms with Crippen molar-refractivity contribution in [2.45, 2.75) is 20.3 Å². The zero-order valence-corrected chi connectivity index (χ0v) is 14.1. The monoisotopic (exact) mass is 340 g/mol. The summed E-state index contributed by atoms with van der Waals surface area (Å²) < 4.78 is 0. The Morgan fingerprint density at radius 2 is 2.12 bits per heavy atom. The van der Waals surface area contributed by atoms with Crippen molar-refractivity contribution >= 4 is 28.8 Å². The highest BCUT2D eigenvalue weighted by Gasteiger charge is 2.23. The van der Waals surface area contributed by atoms with Crippen LogP contribution in [-0.2, 0) is 6.42 Å². The third-order valence-corrected chi connectivity index (χ3v) is 4.02. The molecular formula is C17H17ClN6. The van der Waals surface area contributed by atoms with Gasteiger partial charge in [0.25, 0.3) is 0 Å². The maximum absolute atomic E-state index is 8.26. The second kappa shape index (κ2) is 6.41. The molecule has 0 saturated carbocycles. The van der Waals surface area contributed by atoms with Gasteiger partial charge in [-0.2, -0.15) is 0 Å². The predicted octanol–water partition coefficient (Wildman–Crippen LogP) is 3.12. The molecule has 0 unspecified atom stereocenters. The lowest BCUT2D eigenvalue weighted by Gasteiger charge is -2.11. The number of amidine groups is 1. The van der Waals surface area contributed by atoms with E-state index >= 15 is 0 Å². The molecule has 4 N–H and O–H groups in total. The van der Waals surface area contributed by atoms with Crippen LogP contribution in [-0.4, -0.2) is 21.5 Å². The van der Waals surface area contributed by atoms with E-state index in [0.29, 0.717) is 27.7 Å². The van der Waals surface area contributed by atoms with Gasteiger partial charge < -0.3 is 11.1 Å². The molecule has 0 spiro atoms. The summed E-state index contributed by atoms with van der Waals surface area (Å²) in [7, 11) is 0. The molecule has 2 aromatic heterocycles. The SMILES string of the molecule is CCc1cc2c(cn1)C(c1cnccc1Cl)=N/C(=C(\C)N)C(=N)N2. The Hall–Kier alpha value is -2.73. The van der Waals surface area contributed by atoms with Gasteiger partial charge in [0.15, 0.2) is 5.84 Å². The molecular weight excluding hydrogens is 324 g/mol. The Kier molecular flexibility index (Phi) is 4.31. The summed E-state index contributed by atoms with van der Waals surface area (Å²) >= 11 is 6.34. The summed E-state index contributed by atoms with van der Waals surface area (Å²) in [4.78, 5) is 13.2. The number of hydrogen-bond acceptors (Lipinski definition) is 5. The van der Waals surface area contributed by atoms with E-state index in [1.54, 1.807) is 31.6 Å². The molecule has 7 heteroatoms. The minimum absolute atomic E-state index is 0.138. The quantitative estimate of drug-likeness (QED) is 0.781. The average Bonchev–Trinajstić information content (AvgIpc) is 2.70. The molecule has 2 aromatic rings. The lowest BCUT2D eigenvalue weighted by molar-refractivity contribution is 1.03. The number of allylic oxidation sites excluding steroid dienone is 1. The van der Waals surface area contributed by atoms with Crippen molar-refractivity contribution in [3.8, 4) is 0 Å². The van der Waals surface area contributed by atoms with E-state index in [4.69, 9.17) is 22.7 Å². The molecule has 0 aliphatic carbocycles. The number of nitrogens with two attached hydrogens (primary N) is 1. The molecule has 6 nitrogen and oxygen atoms in total. The lowest BCUT2D eigenvalue weighted by atomic mass is 10.0. The van der Waals surface area contributed by atoms with E-state index in [9.17, 15) is 0 Å². The van der Waals surface area contributed by atoms with E-state index in [0.717, 1.165) is 23.4 Å². The van der Waals surface area contributed by atoms with Gasteiger partial charge in [0, 0.05) is 41.1 Å². The van der Waals surface area contributed by atoms with Gasteiger partial charge in [0.1, 0.15) is 5.70 Å². The molecule has 0 fully saturated rings. The summed E-state index contributed by atoms with van der Waals surface area (Å²) in [5.74, 6) is 0.138. The maximum atomic E-state index is 8.26. The number of anilines is 1. The molecule has 3 heterocycles. The third kappa shape index (κ3) is 2.88. The number of nitrogens with one attached hydrogen (secondary N) is 2. The summed E-state index contributed by atoms with van der Waals surface area (Å²) in [6, 6.07) is 3.62. The number of aryl methyl sites for hydroxylation is 1. The summed E-state index contributed by atoms with van der Waals surface area (Å²) in [6.45, 7) is 3.74. The van der Waals surface area contributed by atoms with Crippen molar-refractivity contribution in [1.29, 1.82) is 5.41 Å². The topological polar surface area (TPSA) is 100 Å². The number of aromatic nitrogens is 2. The van der Waals surface area contributed by atoms with Crippen LogP contribution in [0.2, 0.25) is 5.02 Å². The molecule has 1 aliphatic heterocycles. The molecule has 3 rings (SSSR count). The fourth-order valence-corrected chi connectivity index (χ4v) is 2.64. The zero-order chi connectivity index (χ0) is 17.3. The molecule has 0 radical (unpaired) electrons. The predicted molar refractivity (Wildman–Crippen MR) is 96.7 cm³/mol. The van der Waals surface area contributed by atoms with E-state index in [1.165, 1.54) is 0 Å². The first-order valence-electron chi connectivity index (χ1n) is 7.51. The lowest BCUT2D eigenvalue weighted by Crippen LogP contribution is -2.15. The molecule has 1 aliphatic rings. The molecule has 0 amide bonds. The van der Waals surface area contributed by atoms with Gasteiger partial charge in [0.2, 0.25) is 0 Å². The number of rotatable bonds is 2. The van der Waals surface area contributed by atoms with E-state index < -0.39 is 0 Å². The zero-order valence-electron chi connectivity index (χ0n) is 13.4. The maximum Gasteiger partial charge on any atom is 0.150 e. The third-order valence-electron chi connectivity index (χ3n) is 3.69. The van der Waals surface area contributed by atoms with Gasteiger partial charge in [-0.15, -0.1) is 0 Å². The first kappa shape index (κ1) is 16.1. The highest BCUT2D eigenvalue weighted by atomic mass is 35.5. The number of halogens is 1. The highest BCUT2D eigenvalue weighted by molar-refractivity contribution is 6.36. The van der Waals surface area contributed by atoms with Crippen LogP contribution in [0.4, 0.5) is 5.69 Å². The molecule has 0 bridgehead atoms. The van der Waals surface area contributed by atoms with Crippen molar-refractivity contribution < 1.29 is 0 Å². The molecule has 0 aromatic carbocycles. The molecule has 24 heavy (non-hydrogen) atoms.